The van der Waals surface area contributed by atoms with Gasteiger partial charge in [-0.15, -0.1) is 0 Å². The summed E-state index contributed by atoms with van der Waals surface area (Å²) in [5.41, 5.74) is 1.47. The normalized spacial score (nSPS) is 10.2. The minimum absolute atomic E-state index is 0.191. The number of rotatable bonds is 5. The molecule has 0 atom stereocenters. The molecular weight excluding hydrogens is 292 g/mol. The van der Waals surface area contributed by atoms with Crippen LogP contribution in [0.3, 0.4) is 0 Å². The summed E-state index contributed by atoms with van der Waals surface area (Å²) in [7, 11) is 1.58. The zero-order valence-corrected chi connectivity index (χ0v) is 12.4. The first-order chi connectivity index (χ1) is 10.0. The lowest BCUT2D eigenvalue weighted by atomic mass is 10.2. The van der Waals surface area contributed by atoms with E-state index in [1.807, 2.05) is 12.1 Å². The molecule has 0 aliphatic carbocycles. The molecule has 0 saturated carbocycles. The zero-order chi connectivity index (χ0) is 15.4. The van der Waals surface area contributed by atoms with Gasteiger partial charge in [-0.25, -0.2) is 9.78 Å². The number of halogens is 1. The molecular formula is C15H15ClN2O3. The van der Waals surface area contributed by atoms with Crippen molar-refractivity contribution in [3.63, 3.8) is 0 Å². The van der Waals surface area contributed by atoms with Crippen LogP contribution in [0.25, 0.3) is 0 Å². The van der Waals surface area contributed by atoms with Gasteiger partial charge >= 0.3 is 5.97 Å². The van der Waals surface area contributed by atoms with Crippen LogP contribution in [-0.4, -0.2) is 23.2 Å². The van der Waals surface area contributed by atoms with E-state index in [4.69, 9.17) is 21.4 Å². The van der Waals surface area contributed by atoms with E-state index in [0.29, 0.717) is 28.8 Å². The van der Waals surface area contributed by atoms with Gasteiger partial charge < -0.3 is 15.2 Å². The number of nitrogens with one attached hydrogen (secondary N) is 1. The van der Waals surface area contributed by atoms with Gasteiger partial charge in [-0.1, -0.05) is 17.7 Å². The number of nitrogens with zero attached hydrogens (tertiary/aromatic N) is 1. The van der Waals surface area contributed by atoms with Gasteiger partial charge in [0.1, 0.15) is 11.6 Å². The quantitative estimate of drug-likeness (QED) is 0.886. The van der Waals surface area contributed by atoms with Crippen molar-refractivity contribution in [2.45, 2.75) is 13.5 Å². The molecule has 0 bridgehead atoms. The topological polar surface area (TPSA) is 71.5 Å². The lowest BCUT2D eigenvalue weighted by Crippen LogP contribution is -2.07. The number of aromatic nitrogens is 1. The summed E-state index contributed by atoms with van der Waals surface area (Å²) in [5, 5.41) is 12.7. The van der Waals surface area contributed by atoms with Crippen LogP contribution in [0.2, 0.25) is 5.02 Å². The Bertz CT molecular complexity index is 674. The third-order valence-corrected chi connectivity index (χ3v) is 3.41. The summed E-state index contributed by atoms with van der Waals surface area (Å²) in [4.78, 5) is 15.2. The molecule has 1 aromatic heterocycles. The van der Waals surface area contributed by atoms with E-state index in [-0.39, 0.29) is 5.56 Å². The number of hydrogen-bond donors (Lipinski definition) is 2. The van der Waals surface area contributed by atoms with E-state index in [1.165, 1.54) is 6.07 Å². The van der Waals surface area contributed by atoms with Crippen molar-refractivity contribution in [1.82, 2.24) is 4.98 Å². The summed E-state index contributed by atoms with van der Waals surface area (Å²) in [6.07, 6.45) is 0. The molecule has 0 radical (unpaired) electrons. The van der Waals surface area contributed by atoms with Gasteiger partial charge in [-0.05, 0) is 31.2 Å². The molecule has 6 heteroatoms. The fourth-order valence-corrected chi connectivity index (χ4v) is 2.20. The second kappa shape index (κ2) is 6.45. The van der Waals surface area contributed by atoms with Gasteiger partial charge in [-0.3, -0.25) is 0 Å². The third kappa shape index (κ3) is 3.44. The van der Waals surface area contributed by atoms with Crippen molar-refractivity contribution in [3.05, 3.63) is 52.2 Å². The van der Waals surface area contributed by atoms with Crippen LogP contribution in [0, 0.1) is 6.92 Å². The van der Waals surface area contributed by atoms with Crippen molar-refractivity contribution < 1.29 is 14.6 Å². The Morgan fingerprint density at radius 3 is 2.76 bits per heavy atom. The minimum atomic E-state index is -0.987. The molecule has 0 unspecified atom stereocenters. The predicted molar refractivity (Wildman–Crippen MR) is 81.3 cm³/mol. The number of anilines is 1. The van der Waals surface area contributed by atoms with Crippen LogP contribution in [0.5, 0.6) is 5.75 Å². The number of aromatic carboxylic acids is 1. The van der Waals surface area contributed by atoms with Crippen molar-refractivity contribution in [3.8, 4) is 5.75 Å². The van der Waals surface area contributed by atoms with E-state index in [2.05, 4.69) is 10.3 Å². The van der Waals surface area contributed by atoms with Crippen molar-refractivity contribution >= 4 is 23.4 Å². The lowest BCUT2D eigenvalue weighted by molar-refractivity contribution is 0.0695. The smallest absolute Gasteiger partial charge is 0.337 e. The van der Waals surface area contributed by atoms with Crippen LogP contribution >= 0.6 is 11.6 Å². The number of carboxylic acid groups (broad SMARTS) is 1. The lowest BCUT2D eigenvalue weighted by Gasteiger charge is -2.12. The molecule has 110 valence electrons. The molecule has 0 spiro atoms. The summed E-state index contributed by atoms with van der Waals surface area (Å²) in [6, 6.07) is 8.58. The molecule has 0 fully saturated rings. The van der Waals surface area contributed by atoms with Crippen molar-refractivity contribution in [1.29, 1.82) is 0 Å². The molecule has 2 N–H and O–H groups in total. The van der Waals surface area contributed by atoms with E-state index >= 15 is 0 Å². The number of carboxylic acids is 1. The number of benzene rings is 1. The molecule has 0 amide bonds. The maximum Gasteiger partial charge on any atom is 0.337 e. The third-order valence-electron chi connectivity index (χ3n) is 3.06. The van der Waals surface area contributed by atoms with E-state index in [1.54, 1.807) is 26.2 Å². The molecule has 0 aliphatic heterocycles. The molecule has 2 aromatic rings. The number of ether oxygens (including phenoxy) is 1. The van der Waals surface area contributed by atoms with Crippen molar-refractivity contribution in [2.24, 2.45) is 0 Å². The molecule has 1 aromatic carbocycles. The summed E-state index contributed by atoms with van der Waals surface area (Å²) in [6.45, 7) is 2.09. The summed E-state index contributed by atoms with van der Waals surface area (Å²) in [5.74, 6) is 0.285. The molecule has 1 heterocycles. The molecule has 0 aliphatic rings. The first-order valence-corrected chi connectivity index (χ1v) is 6.67. The average Bonchev–Trinajstić information content (AvgIpc) is 2.45. The predicted octanol–water partition coefficient (Wildman–Crippen LogP) is 3.36. The van der Waals surface area contributed by atoms with E-state index in [9.17, 15) is 4.79 Å². The highest BCUT2D eigenvalue weighted by molar-refractivity contribution is 6.31. The Hall–Kier alpha value is -2.27. The molecule has 0 saturated heterocycles. The number of carbonyl (C=O) groups is 1. The first kappa shape index (κ1) is 15.1. The van der Waals surface area contributed by atoms with Crippen LogP contribution in [0.15, 0.2) is 30.3 Å². The first-order valence-electron chi connectivity index (χ1n) is 6.29. The largest absolute Gasteiger partial charge is 0.496 e. The number of hydrogen-bond acceptors (Lipinski definition) is 4. The Morgan fingerprint density at radius 1 is 1.38 bits per heavy atom. The highest BCUT2D eigenvalue weighted by atomic mass is 35.5. The second-order valence-electron chi connectivity index (χ2n) is 4.41. The highest BCUT2D eigenvalue weighted by Gasteiger charge is 2.10. The van der Waals surface area contributed by atoms with Gasteiger partial charge in [0.05, 0.1) is 18.4 Å². The maximum atomic E-state index is 10.9. The Morgan fingerprint density at radius 2 is 2.14 bits per heavy atom. The Balaban J connectivity index is 2.17. The average molecular weight is 307 g/mol. The highest BCUT2D eigenvalue weighted by Crippen LogP contribution is 2.26. The van der Waals surface area contributed by atoms with E-state index in [0.717, 1.165) is 5.56 Å². The monoisotopic (exact) mass is 306 g/mol. The van der Waals surface area contributed by atoms with Crippen molar-refractivity contribution in [2.75, 3.05) is 12.4 Å². The van der Waals surface area contributed by atoms with Gasteiger partial charge in [0.2, 0.25) is 0 Å². The van der Waals surface area contributed by atoms with Crippen LogP contribution in [0.4, 0.5) is 5.82 Å². The van der Waals surface area contributed by atoms with E-state index < -0.39 is 5.97 Å². The zero-order valence-electron chi connectivity index (χ0n) is 11.7. The second-order valence-corrected chi connectivity index (χ2v) is 4.82. The fourth-order valence-electron chi connectivity index (χ4n) is 1.97. The van der Waals surface area contributed by atoms with Gasteiger partial charge in [0.15, 0.2) is 0 Å². The van der Waals surface area contributed by atoms with Crippen LogP contribution in [-0.2, 0) is 6.54 Å². The number of methoxy groups -OCH3 is 1. The summed E-state index contributed by atoms with van der Waals surface area (Å²) >= 11 is 6.15. The fraction of sp³-hybridized carbons (Fsp3) is 0.200. The van der Waals surface area contributed by atoms with Gasteiger partial charge in [0, 0.05) is 17.1 Å². The van der Waals surface area contributed by atoms with Gasteiger partial charge in [0.25, 0.3) is 0 Å². The van der Waals surface area contributed by atoms with Crippen LogP contribution < -0.4 is 10.1 Å². The molecule has 21 heavy (non-hydrogen) atoms. The minimum Gasteiger partial charge on any atom is -0.496 e. The molecule has 2 rings (SSSR count). The molecule has 5 nitrogen and oxygen atoms in total. The SMILES string of the molecule is COc1cccc(Cl)c1CNc1ccc(C(=O)O)c(C)n1. The maximum absolute atomic E-state index is 10.9. The number of aryl methyl sites for hydroxylation is 1. The Labute approximate surface area is 127 Å². The van der Waals surface area contributed by atoms with Crippen LogP contribution in [0.1, 0.15) is 21.6 Å². The van der Waals surface area contributed by atoms with Gasteiger partial charge in [-0.2, -0.15) is 0 Å². The Kier molecular flexibility index (Phi) is 4.65. The number of pyridine rings is 1. The summed E-state index contributed by atoms with van der Waals surface area (Å²) < 4.78 is 5.27. The standard InChI is InChI=1S/C15H15ClN2O3/c1-9-10(15(19)20)6-7-14(18-9)17-8-11-12(16)4-3-5-13(11)21-2/h3-7H,8H2,1-2H3,(H,17,18)(H,19,20).